The lowest BCUT2D eigenvalue weighted by atomic mass is 9.98. The quantitative estimate of drug-likeness (QED) is 0.634. The van der Waals surface area contributed by atoms with E-state index in [4.69, 9.17) is 10.6 Å². The fourth-order valence-electron chi connectivity index (χ4n) is 2.11. The molecule has 112 valence electrons. The number of hydrazine groups is 1. The van der Waals surface area contributed by atoms with Gasteiger partial charge in [-0.15, -0.1) is 0 Å². The average molecular weight is 292 g/mol. The fraction of sp³-hybridized carbons (Fsp3) is 0.250. The largest absolute Gasteiger partial charge is 0.494 e. The Balaban J connectivity index is 2.34. The van der Waals surface area contributed by atoms with Gasteiger partial charge in [-0.1, -0.05) is 19.1 Å². The van der Waals surface area contributed by atoms with Crippen molar-refractivity contribution >= 4 is 0 Å². The molecule has 2 aromatic rings. The van der Waals surface area contributed by atoms with Gasteiger partial charge in [-0.2, -0.15) is 0 Å². The maximum absolute atomic E-state index is 13.9. The minimum absolute atomic E-state index is 0.158. The number of ether oxygens (including phenoxy) is 1. The van der Waals surface area contributed by atoms with Crippen LogP contribution in [0, 0.1) is 11.6 Å². The Kier molecular flexibility index (Phi) is 5.25. The van der Waals surface area contributed by atoms with E-state index in [-0.39, 0.29) is 5.56 Å². The van der Waals surface area contributed by atoms with Gasteiger partial charge < -0.3 is 4.74 Å². The molecule has 0 bridgehead atoms. The highest BCUT2D eigenvalue weighted by atomic mass is 19.1. The van der Waals surface area contributed by atoms with Gasteiger partial charge in [0.2, 0.25) is 0 Å². The number of nitrogens with two attached hydrogens (primary N) is 1. The molecule has 1 atom stereocenters. The summed E-state index contributed by atoms with van der Waals surface area (Å²) in [5.74, 6) is 5.17. The zero-order chi connectivity index (χ0) is 15.2. The van der Waals surface area contributed by atoms with Crippen molar-refractivity contribution in [2.24, 2.45) is 5.84 Å². The van der Waals surface area contributed by atoms with E-state index in [2.05, 4.69) is 5.43 Å². The summed E-state index contributed by atoms with van der Waals surface area (Å²) in [6, 6.07) is 9.82. The normalized spacial score (nSPS) is 12.2. The predicted octanol–water partition coefficient (Wildman–Crippen LogP) is 3.31. The minimum Gasteiger partial charge on any atom is -0.494 e. The Morgan fingerprint density at radius 1 is 1.19 bits per heavy atom. The highest BCUT2D eigenvalue weighted by Gasteiger charge is 2.18. The number of halogens is 2. The van der Waals surface area contributed by atoms with E-state index >= 15 is 0 Å². The standard InChI is InChI=1S/C16H18F2N2O/c1-2-8-21-13-5-3-4-11(9-13)16(20-19)14-10-12(17)6-7-15(14)18/h3-7,9-10,16,20H,2,8,19H2,1H3. The molecule has 0 radical (unpaired) electrons. The van der Waals surface area contributed by atoms with Crippen molar-refractivity contribution in [1.82, 2.24) is 5.43 Å². The van der Waals surface area contributed by atoms with Crippen molar-refractivity contribution in [3.8, 4) is 5.75 Å². The Labute approximate surface area is 122 Å². The molecule has 3 nitrogen and oxygen atoms in total. The van der Waals surface area contributed by atoms with Crippen LogP contribution >= 0.6 is 0 Å². The van der Waals surface area contributed by atoms with E-state index in [1.807, 2.05) is 13.0 Å². The molecule has 0 aliphatic carbocycles. The highest BCUT2D eigenvalue weighted by molar-refractivity contribution is 5.37. The van der Waals surface area contributed by atoms with Crippen LogP contribution in [0.15, 0.2) is 42.5 Å². The second kappa shape index (κ2) is 7.15. The molecule has 21 heavy (non-hydrogen) atoms. The maximum Gasteiger partial charge on any atom is 0.128 e. The van der Waals surface area contributed by atoms with Crippen LogP contribution in [0.2, 0.25) is 0 Å². The van der Waals surface area contributed by atoms with E-state index in [9.17, 15) is 8.78 Å². The molecule has 0 aliphatic rings. The Bertz CT molecular complexity index is 605. The number of benzene rings is 2. The zero-order valence-electron chi connectivity index (χ0n) is 11.8. The number of rotatable bonds is 6. The highest BCUT2D eigenvalue weighted by Crippen LogP contribution is 2.27. The summed E-state index contributed by atoms with van der Waals surface area (Å²) in [7, 11) is 0. The van der Waals surface area contributed by atoms with Crippen molar-refractivity contribution in [3.63, 3.8) is 0 Å². The topological polar surface area (TPSA) is 47.3 Å². The van der Waals surface area contributed by atoms with Crippen LogP contribution in [0.5, 0.6) is 5.75 Å². The molecule has 0 amide bonds. The van der Waals surface area contributed by atoms with E-state index in [1.165, 1.54) is 0 Å². The van der Waals surface area contributed by atoms with Crippen LogP contribution in [-0.4, -0.2) is 6.61 Å². The minimum atomic E-state index is -0.647. The number of hydrogen-bond acceptors (Lipinski definition) is 3. The predicted molar refractivity (Wildman–Crippen MR) is 77.8 cm³/mol. The Morgan fingerprint density at radius 2 is 2.00 bits per heavy atom. The lowest BCUT2D eigenvalue weighted by molar-refractivity contribution is 0.317. The van der Waals surface area contributed by atoms with Gasteiger partial charge in [0.25, 0.3) is 0 Å². The van der Waals surface area contributed by atoms with Gasteiger partial charge in [0.1, 0.15) is 17.4 Å². The number of nitrogens with one attached hydrogen (secondary N) is 1. The first-order valence-corrected chi connectivity index (χ1v) is 6.79. The summed E-state index contributed by atoms with van der Waals surface area (Å²) in [5.41, 5.74) is 3.39. The fourth-order valence-corrected chi connectivity index (χ4v) is 2.11. The lowest BCUT2D eigenvalue weighted by Gasteiger charge is -2.18. The maximum atomic E-state index is 13.9. The third kappa shape index (κ3) is 3.77. The lowest BCUT2D eigenvalue weighted by Crippen LogP contribution is -2.29. The molecular weight excluding hydrogens is 274 g/mol. The van der Waals surface area contributed by atoms with Crippen molar-refractivity contribution in [3.05, 3.63) is 65.2 Å². The molecule has 0 saturated carbocycles. The SMILES string of the molecule is CCCOc1cccc(C(NN)c2cc(F)ccc2F)c1. The molecule has 0 fully saturated rings. The van der Waals surface area contributed by atoms with Crippen LogP contribution in [-0.2, 0) is 0 Å². The summed E-state index contributed by atoms with van der Waals surface area (Å²) in [6.07, 6.45) is 0.890. The first-order valence-electron chi connectivity index (χ1n) is 6.79. The van der Waals surface area contributed by atoms with Crippen molar-refractivity contribution < 1.29 is 13.5 Å². The molecule has 0 spiro atoms. The van der Waals surface area contributed by atoms with E-state index in [0.717, 1.165) is 24.6 Å². The van der Waals surface area contributed by atoms with E-state index < -0.39 is 17.7 Å². The molecular formula is C16H18F2N2O. The molecule has 1 unspecified atom stereocenters. The van der Waals surface area contributed by atoms with Crippen LogP contribution in [0.4, 0.5) is 8.78 Å². The third-order valence-corrected chi connectivity index (χ3v) is 3.10. The molecule has 2 rings (SSSR count). The smallest absolute Gasteiger partial charge is 0.128 e. The van der Waals surface area contributed by atoms with Gasteiger partial charge in [0.05, 0.1) is 12.6 Å². The van der Waals surface area contributed by atoms with Gasteiger partial charge >= 0.3 is 0 Å². The molecule has 0 heterocycles. The second-order valence-corrected chi connectivity index (χ2v) is 4.69. The molecule has 0 saturated heterocycles. The van der Waals surface area contributed by atoms with Crippen LogP contribution in [0.3, 0.4) is 0 Å². The van der Waals surface area contributed by atoms with Crippen molar-refractivity contribution in [2.75, 3.05) is 6.61 Å². The first-order chi connectivity index (χ1) is 10.2. The number of hydrogen-bond donors (Lipinski definition) is 2. The van der Waals surface area contributed by atoms with E-state index in [0.29, 0.717) is 17.9 Å². The van der Waals surface area contributed by atoms with Gasteiger partial charge in [-0.05, 0) is 42.3 Å². The molecule has 2 aromatic carbocycles. The average Bonchev–Trinajstić information content (AvgIpc) is 2.50. The van der Waals surface area contributed by atoms with Crippen LogP contribution in [0.25, 0.3) is 0 Å². The van der Waals surface area contributed by atoms with Crippen molar-refractivity contribution in [2.45, 2.75) is 19.4 Å². The zero-order valence-corrected chi connectivity index (χ0v) is 11.8. The van der Waals surface area contributed by atoms with Crippen LogP contribution in [0.1, 0.15) is 30.5 Å². The summed E-state index contributed by atoms with van der Waals surface area (Å²) in [5, 5.41) is 0. The second-order valence-electron chi connectivity index (χ2n) is 4.69. The third-order valence-electron chi connectivity index (χ3n) is 3.10. The van der Waals surface area contributed by atoms with E-state index in [1.54, 1.807) is 18.2 Å². The van der Waals surface area contributed by atoms with Gasteiger partial charge in [0.15, 0.2) is 0 Å². The first kappa shape index (κ1) is 15.4. The molecule has 0 aliphatic heterocycles. The van der Waals surface area contributed by atoms with Gasteiger partial charge in [-0.25, -0.2) is 14.2 Å². The molecule has 3 N–H and O–H groups in total. The molecule has 0 aromatic heterocycles. The Hall–Kier alpha value is -1.98. The molecule has 5 heteroatoms. The summed E-state index contributed by atoms with van der Waals surface area (Å²) >= 11 is 0. The summed E-state index contributed by atoms with van der Waals surface area (Å²) in [4.78, 5) is 0. The Morgan fingerprint density at radius 3 is 2.71 bits per heavy atom. The summed E-state index contributed by atoms with van der Waals surface area (Å²) in [6.45, 7) is 2.61. The monoisotopic (exact) mass is 292 g/mol. The van der Waals surface area contributed by atoms with Crippen LogP contribution < -0.4 is 16.0 Å². The van der Waals surface area contributed by atoms with Gasteiger partial charge in [-0.3, -0.25) is 5.84 Å². The van der Waals surface area contributed by atoms with Gasteiger partial charge in [0, 0.05) is 5.56 Å². The summed E-state index contributed by atoms with van der Waals surface area (Å²) < 4.78 is 32.8. The van der Waals surface area contributed by atoms with Crippen molar-refractivity contribution in [1.29, 1.82) is 0 Å².